The molecule has 140 valence electrons. The number of aromatic nitrogens is 1. The van der Waals surface area contributed by atoms with E-state index in [-0.39, 0.29) is 19.0 Å². The molecule has 1 aliphatic rings. The van der Waals surface area contributed by atoms with Gasteiger partial charge in [-0.05, 0) is 37.3 Å². The molecule has 1 atom stereocenters. The minimum Gasteiger partial charge on any atom is -0.391 e. The highest BCUT2D eigenvalue weighted by atomic mass is 32.1. The fraction of sp³-hybridized carbons (Fsp3) is 0.444. The molecule has 0 saturated heterocycles. The van der Waals surface area contributed by atoms with Crippen molar-refractivity contribution in [3.63, 3.8) is 0 Å². The molecular weight excluding hydrogens is 360 g/mol. The molecule has 1 saturated carbocycles. The van der Waals surface area contributed by atoms with Gasteiger partial charge >= 0.3 is 6.03 Å². The Kier molecular flexibility index (Phi) is 5.52. The fourth-order valence-corrected chi connectivity index (χ4v) is 3.64. The summed E-state index contributed by atoms with van der Waals surface area (Å²) in [5.74, 6) is -0.918. The van der Waals surface area contributed by atoms with E-state index in [1.54, 1.807) is 14.0 Å². The lowest BCUT2D eigenvalue weighted by molar-refractivity contribution is 0.117. The number of aliphatic hydroxyl groups excluding tert-OH is 1. The molecule has 0 radical (unpaired) electrons. The van der Waals surface area contributed by atoms with Crippen molar-refractivity contribution in [3.8, 4) is 0 Å². The number of nitrogens with zero attached hydrogens (tertiary/aromatic N) is 2. The van der Waals surface area contributed by atoms with Crippen LogP contribution in [-0.2, 0) is 6.42 Å². The Hall–Kier alpha value is -2.06. The number of nitrogens with one attached hydrogen (secondary N) is 1. The normalized spacial score (nSPS) is 15.0. The van der Waals surface area contributed by atoms with E-state index < -0.39 is 17.7 Å². The van der Waals surface area contributed by atoms with Gasteiger partial charge in [-0.25, -0.2) is 18.6 Å². The van der Waals surface area contributed by atoms with Gasteiger partial charge in [0, 0.05) is 31.0 Å². The molecule has 1 fully saturated rings. The van der Waals surface area contributed by atoms with Gasteiger partial charge in [0.1, 0.15) is 11.6 Å². The van der Waals surface area contributed by atoms with Crippen LogP contribution in [0, 0.1) is 24.5 Å². The highest BCUT2D eigenvalue weighted by Gasteiger charge is 2.31. The van der Waals surface area contributed by atoms with Crippen LogP contribution in [0.15, 0.2) is 18.2 Å². The van der Waals surface area contributed by atoms with Crippen LogP contribution in [0.25, 0.3) is 0 Å². The average Bonchev–Trinajstić information content (AvgIpc) is 3.36. The topological polar surface area (TPSA) is 65.5 Å². The van der Waals surface area contributed by atoms with Crippen molar-refractivity contribution < 1.29 is 18.7 Å². The Morgan fingerprint density at radius 1 is 1.46 bits per heavy atom. The zero-order valence-electron chi connectivity index (χ0n) is 14.6. The van der Waals surface area contributed by atoms with E-state index in [1.807, 2.05) is 0 Å². The van der Waals surface area contributed by atoms with Crippen LogP contribution in [-0.4, -0.2) is 40.7 Å². The number of anilines is 1. The molecule has 2 aromatic rings. The SMILES string of the molecule is Cc1nc(NC(=O)N(C)CC(O)C2CC2)sc1Cc1ccc(F)cc1F. The summed E-state index contributed by atoms with van der Waals surface area (Å²) in [6, 6.07) is 3.14. The highest BCUT2D eigenvalue weighted by molar-refractivity contribution is 7.15. The van der Waals surface area contributed by atoms with E-state index >= 15 is 0 Å². The second kappa shape index (κ2) is 7.67. The summed E-state index contributed by atoms with van der Waals surface area (Å²) in [7, 11) is 1.62. The van der Waals surface area contributed by atoms with Gasteiger partial charge < -0.3 is 10.0 Å². The molecule has 1 aliphatic carbocycles. The van der Waals surface area contributed by atoms with Gasteiger partial charge in [0.25, 0.3) is 0 Å². The molecule has 0 aliphatic heterocycles. The molecule has 2 N–H and O–H groups in total. The number of likely N-dealkylation sites (N-methyl/N-ethyl adjacent to an activating group) is 1. The number of aliphatic hydroxyl groups is 1. The number of amides is 2. The van der Waals surface area contributed by atoms with Gasteiger partial charge in [-0.15, -0.1) is 11.3 Å². The first-order valence-corrected chi connectivity index (χ1v) is 9.25. The lowest BCUT2D eigenvalue weighted by Gasteiger charge is -2.20. The van der Waals surface area contributed by atoms with E-state index in [9.17, 15) is 18.7 Å². The first-order valence-electron chi connectivity index (χ1n) is 8.44. The number of halogens is 2. The van der Waals surface area contributed by atoms with Crippen LogP contribution < -0.4 is 5.32 Å². The van der Waals surface area contributed by atoms with Crippen LogP contribution in [0.2, 0.25) is 0 Å². The number of urea groups is 1. The smallest absolute Gasteiger partial charge is 0.323 e. The minimum atomic E-state index is -0.614. The molecule has 1 heterocycles. The third-order valence-corrected chi connectivity index (χ3v) is 5.52. The fourth-order valence-electron chi connectivity index (χ4n) is 2.66. The van der Waals surface area contributed by atoms with E-state index in [0.717, 1.165) is 23.8 Å². The number of thiazole rings is 1. The molecule has 5 nitrogen and oxygen atoms in total. The van der Waals surface area contributed by atoms with Crippen molar-refractivity contribution in [3.05, 3.63) is 46.0 Å². The minimum absolute atomic E-state index is 0.272. The molecule has 0 spiro atoms. The summed E-state index contributed by atoms with van der Waals surface area (Å²) in [6.07, 6.45) is 1.79. The predicted molar refractivity (Wildman–Crippen MR) is 96.4 cm³/mol. The van der Waals surface area contributed by atoms with Gasteiger partial charge in [-0.2, -0.15) is 0 Å². The third-order valence-electron chi connectivity index (χ3n) is 4.45. The van der Waals surface area contributed by atoms with Crippen molar-refractivity contribution in [1.29, 1.82) is 0 Å². The largest absolute Gasteiger partial charge is 0.391 e. The molecule has 1 aromatic heterocycles. The van der Waals surface area contributed by atoms with Crippen LogP contribution in [0.5, 0.6) is 0 Å². The van der Waals surface area contributed by atoms with Gasteiger partial charge in [0.05, 0.1) is 11.8 Å². The molecule has 0 bridgehead atoms. The maximum atomic E-state index is 13.8. The summed E-state index contributed by atoms with van der Waals surface area (Å²) in [6.45, 7) is 2.05. The molecule has 1 aromatic carbocycles. The predicted octanol–water partition coefficient (Wildman–Crippen LogP) is 3.56. The van der Waals surface area contributed by atoms with E-state index in [1.165, 1.54) is 28.4 Å². The van der Waals surface area contributed by atoms with Crippen LogP contribution in [0.1, 0.15) is 29.0 Å². The lowest BCUT2D eigenvalue weighted by Crippen LogP contribution is -2.37. The van der Waals surface area contributed by atoms with Crippen molar-refractivity contribution in [1.82, 2.24) is 9.88 Å². The summed E-state index contributed by atoms with van der Waals surface area (Å²) in [5.41, 5.74) is 1.07. The van der Waals surface area contributed by atoms with Gasteiger partial charge in [0.2, 0.25) is 0 Å². The van der Waals surface area contributed by atoms with E-state index in [0.29, 0.717) is 22.3 Å². The zero-order chi connectivity index (χ0) is 18.8. The summed E-state index contributed by atoms with van der Waals surface area (Å²) in [5, 5.41) is 13.1. The number of benzene rings is 1. The van der Waals surface area contributed by atoms with Gasteiger partial charge in [-0.1, -0.05) is 6.07 Å². The lowest BCUT2D eigenvalue weighted by atomic mass is 10.1. The van der Waals surface area contributed by atoms with Crippen LogP contribution >= 0.6 is 11.3 Å². The quantitative estimate of drug-likeness (QED) is 0.804. The van der Waals surface area contributed by atoms with E-state index in [2.05, 4.69) is 10.3 Å². The second-order valence-corrected chi connectivity index (χ2v) is 7.74. The zero-order valence-corrected chi connectivity index (χ0v) is 15.4. The number of aryl methyl sites for hydroxylation is 1. The van der Waals surface area contributed by atoms with Gasteiger partial charge in [0.15, 0.2) is 5.13 Å². The molecule has 2 amide bonds. The van der Waals surface area contributed by atoms with Gasteiger partial charge in [-0.3, -0.25) is 5.32 Å². The Balaban J connectivity index is 1.62. The Labute approximate surface area is 154 Å². The Morgan fingerprint density at radius 3 is 2.85 bits per heavy atom. The molecule has 8 heteroatoms. The highest BCUT2D eigenvalue weighted by Crippen LogP contribution is 2.33. The average molecular weight is 381 g/mol. The first kappa shape index (κ1) is 18.7. The molecular formula is C18H21F2N3O2S. The van der Waals surface area contributed by atoms with Crippen molar-refractivity contribution >= 4 is 22.5 Å². The Morgan fingerprint density at radius 2 is 2.19 bits per heavy atom. The standard InChI is InChI=1S/C18H21F2N3O2S/c1-10-16(7-12-5-6-13(19)8-14(12)20)26-17(21-10)22-18(25)23(2)9-15(24)11-3-4-11/h5-6,8,11,15,24H,3-4,7,9H2,1-2H3,(H,21,22,25). The maximum absolute atomic E-state index is 13.8. The summed E-state index contributed by atoms with van der Waals surface area (Å²) < 4.78 is 26.8. The summed E-state index contributed by atoms with van der Waals surface area (Å²) in [4.78, 5) is 18.8. The molecule has 3 rings (SSSR count). The number of carbonyl (C=O) groups excluding carboxylic acids is 1. The van der Waals surface area contributed by atoms with Crippen LogP contribution in [0.4, 0.5) is 18.7 Å². The second-order valence-electron chi connectivity index (χ2n) is 6.66. The van der Waals surface area contributed by atoms with E-state index in [4.69, 9.17) is 0 Å². The number of hydrogen-bond acceptors (Lipinski definition) is 4. The number of carbonyl (C=O) groups is 1. The summed E-state index contributed by atoms with van der Waals surface area (Å²) >= 11 is 1.26. The molecule has 1 unspecified atom stereocenters. The number of hydrogen-bond donors (Lipinski definition) is 2. The third kappa shape index (κ3) is 4.56. The van der Waals surface area contributed by atoms with Crippen molar-refractivity contribution in [2.24, 2.45) is 5.92 Å². The van der Waals surface area contributed by atoms with Crippen molar-refractivity contribution in [2.75, 3.05) is 18.9 Å². The Bertz CT molecular complexity index is 808. The maximum Gasteiger partial charge on any atom is 0.323 e. The van der Waals surface area contributed by atoms with Crippen LogP contribution in [0.3, 0.4) is 0 Å². The van der Waals surface area contributed by atoms with Crippen molar-refractivity contribution in [2.45, 2.75) is 32.3 Å². The number of rotatable bonds is 6. The first-order chi connectivity index (χ1) is 12.3. The monoisotopic (exact) mass is 381 g/mol. The molecule has 26 heavy (non-hydrogen) atoms.